The summed E-state index contributed by atoms with van der Waals surface area (Å²) in [5, 5.41) is 17.8. The standard InChI is InChI=1S/C23H31N3O3S.C2H2O4/c1-19-10-11-22(20(2)17-19)30(28,29)26-15-13-25(14-16-26)18-23(27)24-12-6-9-21-7-4-3-5-8-21;3-1(4)2(5)6/h3-5,7-8,10-11,17H,6,9,12-16,18H2,1-2H3,(H,24,27);(H,3,4)(H,5,6). The highest BCUT2D eigenvalue weighted by atomic mass is 32.2. The van der Waals surface area contributed by atoms with E-state index in [1.165, 1.54) is 9.87 Å². The van der Waals surface area contributed by atoms with E-state index in [0.29, 0.717) is 44.2 Å². The van der Waals surface area contributed by atoms with Crippen LogP contribution in [0.2, 0.25) is 0 Å². The van der Waals surface area contributed by atoms with Gasteiger partial charge in [-0.05, 0) is 43.9 Å². The lowest BCUT2D eigenvalue weighted by Gasteiger charge is -2.33. The molecule has 0 bridgehead atoms. The van der Waals surface area contributed by atoms with Gasteiger partial charge in [0.2, 0.25) is 15.9 Å². The van der Waals surface area contributed by atoms with Gasteiger partial charge >= 0.3 is 11.9 Å². The number of aliphatic carboxylic acids is 2. The maximum atomic E-state index is 13.0. The van der Waals surface area contributed by atoms with Crippen molar-refractivity contribution in [2.75, 3.05) is 39.3 Å². The molecule has 36 heavy (non-hydrogen) atoms. The summed E-state index contributed by atoms with van der Waals surface area (Å²) in [6, 6.07) is 15.6. The summed E-state index contributed by atoms with van der Waals surface area (Å²) < 4.78 is 27.5. The van der Waals surface area contributed by atoms with Crippen LogP contribution in [-0.4, -0.2) is 85.0 Å². The number of hydrogen-bond acceptors (Lipinski definition) is 6. The van der Waals surface area contributed by atoms with E-state index in [9.17, 15) is 13.2 Å². The fourth-order valence-corrected chi connectivity index (χ4v) is 5.41. The van der Waals surface area contributed by atoms with E-state index in [4.69, 9.17) is 19.8 Å². The number of carboxylic acid groups (broad SMARTS) is 2. The average molecular weight is 520 g/mol. The largest absolute Gasteiger partial charge is 0.473 e. The number of sulfonamides is 1. The van der Waals surface area contributed by atoms with Gasteiger partial charge in [0.25, 0.3) is 0 Å². The molecule has 2 aromatic rings. The Morgan fingerprint density at radius 2 is 1.53 bits per heavy atom. The van der Waals surface area contributed by atoms with Crippen LogP contribution in [0.3, 0.4) is 0 Å². The molecule has 2 aromatic carbocycles. The first-order valence-electron chi connectivity index (χ1n) is 11.6. The van der Waals surface area contributed by atoms with Crippen molar-refractivity contribution < 1.29 is 33.0 Å². The van der Waals surface area contributed by atoms with Gasteiger partial charge in [0.05, 0.1) is 11.4 Å². The molecule has 1 aliphatic rings. The fraction of sp³-hybridized carbons (Fsp3) is 0.400. The Hall–Kier alpha value is -3.28. The third kappa shape index (κ3) is 9.06. The van der Waals surface area contributed by atoms with Crippen LogP contribution in [0.4, 0.5) is 0 Å². The van der Waals surface area contributed by atoms with E-state index < -0.39 is 22.0 Å². The minimum absolute atomic E-state index is 0.00579. The third-order valence-corrected chi connectivity index (χ3v) is 7.70. The predicted molar refractivity (Wildman–Crippen MR) is 134 cm³/mol. The zero-order valence-electron chi connectivity index (χ0n) is 20.5. The molecule has 0 unspecified atom stereocenters. The summed E-state index contributed by atoms with van der Waals surface area (Å²) in [5.74, 6) is -3.65. The first-order chi connectivity index (χ1) is 17.0. The van der Waals surface area contributed by atoms with Gasteiger partial charge in [-0.25, -0.2) is 18.0 Å². The smallest absolute Gasteiger partial charge is 0.414 e. The van der Waals surface area contributed by atoms with Crippen LogP contribution in [0.15, 0.2) is 53.4 Å². The lowest BCUT2D eigenvalue weighted by molar-refractivity contribution is -0.159. The minimum atomic E-state index is -3.50. The monoisotopic (exact) mass is 519 g/mol. The maximum Gasteiger partial charge on any atom is 0.414 e. The first-order valence-corrected chi connectivity index (χ1v) is 13.0. The SMILES string of the molecule is Cc1ccc(S(=O)(=O)N2CCN(CC(=O)NCCCc3ccccc3)CC2)c(C)c1.O=C(O)C(=O)O. The van der Waals surface area contributed by atoms with E-state index in [1.54, 1.807) is 6.07 Å². The number of carbonyl (C=O) groups is 3. The molecular weight excluding hydrogens is 486 g/mol. The first kappa shape index (κ1) is 29.0. The van der Waals surface area contributed by atoms with Crippen LogP contribution in [0.5, 0.6) is 0 Å². The van der Waals surface area contributed by atoms with Crippen LogP contribution in [0.1, 0.15) is 23.1 Å². The van der Waals surface area contributed by atoms with Gasteiger partial charge in [0.15, 0.2) is 0 Å². The zero-order chi connectivity index (χ0) is 26.7. The van der Waals surface area contributed by atoms with Crippen molar-refractivity contribution >= 4 is 27.9 Å². The van der Waals surface area contributed by atoms with Gasteiger partial charge in [0.1, 0.15) is 0 Å². The third-order valence-electron chi connectivity index (χ3n) is 5.64. The number of benzene rings is 2. The summed E-state index contributed by atoms with van der Waals surface area (Å²) in [5.41, 5.74) is 3.09. The fourth-order valence-electron chi connectivity index (χ4n) is 3.78. The lowest BCUT2D eigenvalue weighted by Crippen LogP contribution is -2.51. The molecule has 0 aliphatic carbocycles. The number of carboxylic acids is 2. The number of hydrogen-bond donors (Lipinski definition) is 3. The Morgan fingerprint density at radius 1 is 0.917 bits per heavy atom. The van der Waals surface area contributed by atoms with Crippen LogP contribution < -0.4 is 5.32 Å². The van der Waals surface area contributed by atoms with Crippen molar-refractivity contribution in [1.29, 1.82) is 0 Å². The van der Waals surface area contributed by atoms with Crippen molar-refractivity contribution in [3.05, 3.63) is 65.2 Å². The summed E-state index contributed by atoms with van der Waals surface area (Å²) in [4.78, 5) is 32.8. The van der Waals surface area contributed by atoms with E-state index in [1.807, 2.05) is 49.1 Å². The zero-order valence-corrected chi connectivity index (χ0v) is 21.3. The van der Waals surface area contributed by atoms with E-state index >= 15 is 0 Å². The maximum absolute atomic E-state index is 13.0. The topological polar surface area (TPSA) is 144 Å². The van der Waals surface area contributed by atoms with E-state index in [-0.39, 0.29) is 5.91 Å². The van der Waals surface area contributed by atoms with E-state index in [2.05, 4.69) is 17.4 Å². The van der Waals surface area contributed by atoms with Crippen molar-refractivity contribution in [3.63, 3.8) is 0 Å². The molecular formula is C25H33N3O7S. The van der Waals surface area contributed by atoms with Crippen LogP contribution >= 0.6 is 0 Å². The van der Waals surface area contributed by atoms with Gasteiger partial charge in [-0.2, -0.15) is 4.31 Å². The molecule has 1 saturated heterocycles. The Morgan fingerprint density at radius 3 is 2.08 bits per heavy atom. The van der Waals surface area contributed by atoms with Crippen molar-refractivity contribution in [2.45, 2.75) is 31.6 Å². The molecule has 3 rings (SSSR count). The highest BCUT2D eigenvalue weighted by molar-refractivity contribution is 7.89. The molecule has 0 spiro atoms. The molecule has 3 N–H and O–H groups in total. The van der Waals surface area contributed by atoms with Crippen molar-refractivity contribution in [1.82, 2.24) is 14.5 Å². The van der Waals surface area contributed by atoms with Crippen LogP contribution in [0.25, 0.3) is 0 Å². The molecule has 196 valence electrons. The number of rotatable bonds is 8. The molecule has 1 fully saturated rings. The Bertz CT molecular complexity index is 1130. The number of nitrogens with one attached hydrogen (secondary N) is 1. The molecule has 1 amide bonds. The lowest BCUT2D eigenvalue weighted by atomic mass is 10.1. The molecule has 0 aromatic heterocycles. The summed E-state index contributed by atoms with van der Waals surface area (Å²) in [6.45, 7) is 6.65. The quantitative estimate of drug-likeness (QED) is 0.352. The number of nitrogens with zero attached hydrogens (tertiary/aromatic N) is 2. The van der Waals surface area contributed by atoms with Crippen molar-refractivity contribution in [3.8, 4) is 0 Å². The van der Waals surface area contributed by atoms with Gasteiger partial charge in [-0.3, -0.25) is 9.69 Å². The molecule has 1 heterocycles. The number of amides is 1. The van der Waals surface area contributed by atoms with Gasteiger partial charge in [0, 0.05) is 32.7 Å². The van der Waals surface area contributed by atoms with Crippen molar-refractivity contribution in [2.24, 2.45) is 0 Å². The highest BCUT2D eigenvalue weighted by Gasteiger charge is 2.30. The molecule has 10 nitrogen and oxygen atoms in total. The predicted octanol–water partition coefficient (Wildman–Crippen LogP) is 1.51. The molecule has 0 saturated carbocycles. The van der Waals surface area contributed by atoms with Gasteiger partial charge in [-0.1, -0.05) is 48.0 Å². The van der Waals surface area contributed by atoms with Gasteiger partial charge in [-0.15, -0.1) is 0 Å². The Balaban J connectivity index is 0.000000678. The highest BCUT2D eigenvalue weighted by Crippen LogP contribution is 2.22. The van der Waals surface area contributed by atoms with E-state index in [0.717, 1.165) is 24.0 Å². The minimum Gasteiger partial charge on any atom is -0.473 e. The Labute approximate surface area is 211 Å². The summed E-state index contributed by atoms with van der Waals surface area (Å²) in [7, 11) is -3.50. The van der Waals surface area contributed by atoms with Gasteiger partial charge < -0.3 is 15.5 Å². The number of piperazine rings is 1. The molecule has 0 radical (unpaired) electrons. The summed E-state index contributed by atoms with van der Waals surface area (Å²) in [6.07, 6.45) is 1.84. The summed E-state index contributed by atoms with van der Waals surface area (Å²) >= 11 is 0. The second kappa shape index (κ2) is 13.7. The second-order valence-corrected chi connectivity index (χ2v) is 10.4. The average Bonchev–Trinajstić information content (AvgIpc) is 2.83. The normalized spacial score (nSPS) is 14.4. The molecule has 0 atom stereocenters. The number of aryl methyl sites for hydroxylation is 3. The van der Waals surface area contributed by atoms with Crippen LogP contribution in [-0.2, 0) is 30.8 Å². The second-order valence-electron chi connectivity index (χ2n) is 8.50. The van der Waals surface area contributed by atoms with Crippen LogP contribution in [0, 0.1) is 13.8 Å². The molecule has 11 heteroatoms. The number of carbonyl (C=O) groups excluding carboxylic acids is 1. The Kier molecular flexibility index (Phi) is 11.0. The molecule has 1 aliphatic heterocycles.